The van der Waals surface area contributed by atoms with Crippen molar-refractivity contribution < 1.29 is 28.2 Å². The number of aromatic nitrogens is 1. The van der Waals surface area contributed by atoms with E-state index in [0.29, 0.717) is 23.5 Å². The lowest BCUT2D eigenvalue weighted by atomic mass is 9.94. The van der Waals surface area contributed by atoms with Gasteiger partial charge in [-0.2, -0.15) is 13.2 Å². The molecular formula is C17H17F3N2O3S. The van der Waals surface area contributed by atoms with E-state index in [4.69, 9.17) is 5.11 Å². The number of benzene rings is 1. The molecule has 26 heavy (non-hydrogen) atoms. The third-order valence-corrected chi connectivity index (χ3v) is 5.32. The molecule has 2 heterocycles. The smallest absolute Gasteiger partial charge is 0.396 e. The number of aliphatic hydroxyl groups excluding tert-OH is 2. The van der Waals surface area contributed by atoms with Crippen LogP contribution in [-0.4, -0.2) is 51.8 Å². The lowest BCUT2D eigenvalue weighted by Crippen LogP contribution is -2.47. The summed E-state index contributed by atoms with van der Waals surface area (Å²) < 4.78 is 37.9. The van der Waals surface area contributed by atoms with Crippen LogP contribution in [0.2, 0.25) is 0 Å². The van der Waals surface area contributed by atoms with Crippen molar-refractivity contribution in [3.05, 3.63) is 40.9 Å². The van der Waals surface area contributed by atoms with Crippen molar-refractivity contribution in [1.29, 1.82) is 0 Å². The highest BCUT2D eigenvalue weighted by molar-refractivity contribution is 7.13. The topological polar surface area (TPSA) is 73.7 Å². The average Bonchev–Trinajstić information content (AvgIpc) is 3.10. The summed E-state index contributed by atoms with van der Waals surface area (Å²) in [6.07, 6.45) is -4.69. The van der Waals surface area contributed by atoms with E-state index >= 15 is 0 Å². The van der Waals surface area contributed by atoms with Crippen LogP contribution in [-0.2, 0) is 6.18 Å². The molecule has 1 fully saturated rings. The molecular weight excluding hydrogens is 369 g/mol. The van der Waals surface area contributed by atoms with Gasteiger partial charge in [0.25, 0.3) is 5.91 Å². The molecule has 2 aromatic rings. The van der Waals surface area contributed by atoms with Gasteiger partial charge in [-0.3, -0.25) is 4.79 Å². The van der Waals surface area contributed by atoms with Crippen molar-refractivity contribution in [1.82, 2.24) is 9.88 Å². The number of amides is 1. The van der Waals surface area contributed by atoms with Gasteiger partial charge in [0.1, 0.15) is 10.7 Å². The van der Waals surface area contributed by atoms with Crippen LogP contribution in [0, 0.1) is 5.92 Å². The van der Waals surface area contributed by atoms with Gasteiger partial charge in [-0.05, 0) is 18.6 Å². The molecule has 9 heteroatoms. The van der Waals surface area contributed by atoms with Crippen LogP contribution < -0.4 is 0 Å². The quantitative estimate of drug-likeness (QED) is 0.851. The van der Waals surface area contributed by atoms with Gasteiger partial charge in [0.2, 0.25) is 0 Å². The number of nitrogens with zero attached hydrogens (tertiary/aromatic N) is 2. The fourth-order valence-corrected chi connectivity index (χ4v) is 3.65. The Bertz CT molecular complexity index is 776. The molecule has 140 valence electrons. The number of piperidine rings is 1. The number of alkyl halides is 3. The van der Waals surface area contributed by atoms with Crippen LogP contribution in [0.3, 0.4) is 0 Å². The summed E-state index contributed by atoms with van der Waals surface area (Å²) in [5.41, 5.74) is -0.0459. The molecule has 0 aliphatic carbocycles. The molecule has 0 unspecified atom stereocenters. The summed E-state index contributed by atoms with van der Waals surface area (Å²) in [5.74, 6) is -0.577. The van der Waals surface area contributed by atoms with Gasteiger partial charge in [0.05, 0.1) is 11.7 Å². The molecule has 1 aromatic carbocycles. The van der Waals surface area contributed by atoms with Crippen molar-refractivity contribution in [3.8, 4) is 10.6 Å². The molecule has 0 spiro atoms. The van der Waals surface area contributed by atoms with Crippen LogP contribution in [0.5, 0.6) is 0 Å². The van der Waals surface area contributed by atoms with Crippen molar-refractivity contribution in [2.75, 3.05) is 19.7 Å². The molecule has 1 aromatic heterocycles. The second-order valence-corrected chi connectivity index (χ2v) is 7.02. The van der Waals surface area contributed by atoms with E-state index in [1.165, 1.54) is 28.4 Å². The average molecular weight is 386 g/mol. The highest BCUT2D eigenvalue weighted by Gasteiger charge is 2.32. The van der Waals surface area contributed by atoms with Crippen LogP contribution in [0.25, 0.3) is 10.6 Å². The first kappa shape index (κ1) is 18.8. The number of aliphatic hydroxyl groups is 2. The minimum Gasteiger partial charge on any atom is -0.396 e. The first-order valence-corrected chi connectivity index (χ1v) is 8.89. The van der Waals surface area contributed by atoms with Crippen LogP contribution in [0.1, 0.15) is 22.5 Å². The number of carbonyl (C=O) groups is 1. The fourth-order valence-electron chi connectivity index (χ4n) is 2.85. The number of carbonyl (C=O) groups excluding carboxylic acids is 1. The highest BCUT2D eigenvalue weighted by Crippen LogP contribution is 2.32. The monoisotopic (exact) mass is 386 g/mol. The van der Waals surface area contributed by atoms with E-state index < -0.39 is 17.8 Å². The maximum atomic E-state index is 12.6. The second-order valence-electron chi connectivity index (χ2n) is 6.16. The Kier molecular flexibility index (Phi) is 5.31. The Morgan fingerprint density at radius 2 is 2.00 bits per heavy atom. The van der Waals surface area contributed by atoms with Crippen molar-refractivity contribution in [2.45, 2.75) is 18.7 Å². The maximum absolute atomic E-state index is 12.6. The zero-order valence-electron chi connectivity index (χ0n) is 13.6. The predicted octanol–water partition coefficient (Wildman–Crippen LogP) is 2.64. The Hall–Kier alpha value is -1.97. The van der Waals surface area contributed by atoms with E-state index in [1.54, 1.807) is 5.38 Å². The van der Waals surface area contributed by atoms with E-state index in [1.807, 2.05) is 0 Å². The van der Waals surface area contributed by atoms with Crippen LogP contribution in [0.15, 0.2) is 29.6 Å². The van der Waals surface area contributed by atoms with Gasteiger partial charge in [-0.25, -0.2) is 4.98 Å². The minimum absolute atomic E-state index is 0.122. The minimum atomic E-state index is -4.40. The molecule has 2 N–H and O–H groups in total. The lowest BCUT2D eigenvalue weighted by molar-refractivity contribution is -0.137. The zero-order valence-corrected chi connectivity index (χ0v) is 14.4. The van der Waals surface area contributed by atoms with Gasteiger partial charge in [0.15, 0.2) is 0 Å². The Morgan fingerprint density at radius 3 is 2.58 bits per heavy atom. The molecule has 5 nitrogen and oxygen atoms in total. The van der Waals surface area contributed by atoms with E-state index in [0.717, 1.165) is 12.1 Å². The number of hydrogen-bond acceptors (Lipinski definition) is 5. The van der Waals surface area contributed by atoms with Crippen LogP contribution >= 0.6 is 11.3 Å². The third-order valence-electron chi connectivity index (χ3n) is 4.43. The normalized spacial score (nSPS) is 21.0. The van der Waals surface area contributed by atoms with Gasteiger partial charge in [-0.15, -0.1) is 11.3 Å². The van der Waals surface area contributed by atoms with Gasteiger partial charge in [-0.1, -0.05) is 12.1 Å². The summed E-state index contributed by atoms with van der Waals surface area (Å²) in [5, 5.41) is 21.1. The lowest BCUT2D eigenvalue weighted by Gasteiger charge is -2.34. The van der Waals surface area contributed by atoms with Crippen molar-refractivity contribution >= 4 is 17.2 Å². The van der Waals surface area contributed by atoms with Crippen molar-refractivity contribution in [2.24, 2.45) is 5.92 Å². The number of thiazole rings is 1. The van der Waals surface area contributed by atoms with Gasteiger partial charge < -0.3 is 15.1 Å². The highest BCUT2D eigenvalue weighted by atomic mass is 32.1. The number of likely N-dealkylation sites (tertiary alicyclic amines) is 1. The largest absolute Gasteiger partial charge is 0.416 e. The number of rotatable bonds is 3. The van der Waals surface area contributed by atoms with Gasteiger partial charge >= 0.3 is 6.18 Å². The summed E-state index contributed by atoms with van der Waals surface area (Å²) in [7, 11) is 0. The van der Waals surface area contributed by atoms with Crippen LogP contribution in [0.4, 0.5) is 13.2 Å². The van der Waals surface area contributed by atoms with E-state index in [9.17, 15) is 23.1 Å². The summed E-state index contributed by atoms with van der Waals surface area (Å²) in [6.45, 7) is 0.406. The molecule has 3 rings (SSSR count). The Balaban J connectivity index is 1.72. The fraction of sp³-hybridized carbons (Fsp3) is 0.412. The molecule has 1 aliphatic heterocycles. The summed E-state index contributed by atoms with van der Waals surface area (Å²) in [4.78, 5) is 18.2. The molecule has 2 atom stereocenters. The second kappa shape index (κ2) is 7.34. The van der Waals surface area contributed by atoms with E-state index in [-0.39, 0.29) is 30.7 Å². The Labute approximate surface area is 151 Å². The van der Waals surface area contributed by atoms with E-state index in [2.05, 4.69) is 4.98 Å². The number of hydrogen-bond donors (Lipinski definition) is 2. The molecule has 0 radical (unpaired) electrons. The third kappa shape index (κ3) is 3.89. The first-order valence-electron chi connectivity index (χ1n) is 8.01. The maximum Gasteiger partial charge on any atom is 0.416 e. The van der Waals surface area contributed by atoms with Gasteiger partial charge in [0, 0.05) is 36.6 Å². The Morgan fingerprint density at radius 1 is 1.31 bits per heavy atom. The van der Waals surface area contributed by atoms with Crippen molar-refractivity contribution in [3.63, 3.8) is 0 Å². The molecule has 1 saturated heterocycles. The summed E-state index contributed by atoms with van der Waals surface area (Å²) >= 11 is 1.17. The first-order chi connectivity index (χ1) is 12.3. The molecule has 1 amide bonds. The number of halogens is 3. The number of β-amino-alcohol motifs (C(OH)–C–C–N with tert-alkyl or cyclic N) is 1. The molecule has 0 bridgehead atoms. The zero-order chi connectivity index (χ0) is 18.9. The molecule has 1 aliphatic rings. The molecule has 0 saturated carbocycles. The SMILES string of the molecule is O=C(c1csc(-c2ccc(C(F)(F)F)cc2)n1)N1CC[C@H](CO)[C@@H](O)C1. The summed E-state index contributed by atoms with van der Waals surface area (Å²) in [6, 6.07) is 4.61. The standard InChI is InChI=1S/C17H17F3N2O3S/c18-17(19,20)12-3-1-10(2-4-12)15-21-13(9-26-15)16(25)22-6-5-11(8-23)14(24)7-22/h1-4,9,11,14,23-24H,5-8H2/t11-,14+/m1/s1. The predicted molar refractivity (Wildman–Crippen MR) is 89.7 cm³/mol.